The molecular weight excluding hydrogens is 140 g/mol. The second kappa shape index (κ2) is 2.12. The van der Waals surface area contributed by atoms with E-state index in [1.165, 1.54) is 6.07 Å². The summed E-state index contributed by atoms with van der Waals surface area (Å²) in [4.78, 5) is 0. The van der Waals surface area contributed by atoms with Gasteiger partial charge in [-0.05, 0) is 24.4 Å². The topological polar surface area (TPSA) is 4.93 Å². The van der Waals surface area contributed by atoms with Crippen LogP contribution in [0.15, 0.2) is 30.5 Å². The predicted octanol–water partition coefficient (Wildman–Crippen LogP) is 1.18. The molecule has 0 aliphatic heterocycles. The van der Waals surface area contributed by atoms with Crippen molar-refractivity contribution in [2.24, 2.45) is 0 Å². The van der Waals surface area contributed by atoms with Crippen molar-refractivity contribution in [1.82, 2.24) is 4.48 Å². The lowest BCUT2D eigenvalue weighted by atomic mass is 10.2. The zero-order chi connectivity index (χ0) is 7.84. The minimum atomic E-state index is -0.150. The minimum Gasteiger partial charge on any atom is -0.399 e. The van der Waals surface area contributed by atoms with Crippen molar-refractivity contribution in [3.63, 3.8) is 0 Å². The van der Waals surface area contributed by atoms with Gasteiger partial charge in [0.1, 0.15) is 5.82 Å². The van der Waals surface area contributed by atoms with Crippen LogP contribution in [0.1, 0.15) is 0 Å². The number of halogens is 1. The van der Waals surface area contributed by atoms with Crippen LogP contribution in [0.2, 0.25) is 0 Å². The van der Waals surface area contributed by atoms with Crippen LogP contribution in [0.25, 0.3) is 10.9 Å². The summed E-state index contributed by atoms with van der Waals surface area (Å²) in [6.45, 7) is 0. The molecule has 0 bridgehead atoms. The molecule has 1 heterocycles. The third-order valence-electron chi connectivity index (χ3n) is 1.87. The highest BCUT2D eigenvalue weighted by Crippen LogP contribution is 2.16. The van der Waals surface area contributed by atoms with E-state index in [-0.39, 0.29) is 5.82 Å². The maximum Gasteiger partial charge on any atom is 0.223 e. The highest BCUT2D eigenvalue weighted by molar-refractivity contribution is 6.11. The Morgan fingerprint density at radius 3 is 2.82 bits per heavy atom. The molecule has 0 saturated heterocycles. The number of aromatic nitrogens is 1. The Hall–Kier alpha value is -1.25. The van der Waals surface area contributed by atoms with Crippen molar-refractivity contribution in [3.8, 4) is 0 Å². The van der Waals surface area contributed by atoms with Gasteiger partial charge in [0.25, 0.3) is 0 Å². The minimum absolute atomic E-state index is 0.150. The largest absolute Gasteiger partial charge is 0.399 e. The maximum atomic E-state index is 13.0. The molecule has 0 N–H and O–H groups in total. The number of benzene rings is 1. The second-order valence-corrected chi connectivity index (χ2v) is 2.60. The Morgan fingerprint density at radius 1 is 1.27 bits per heavy atom. The zero-order valence-corrected chi connectivity index (χ0v) is 6.21. The molecule has 54 valence electrons. The van der Waals surface area contributed by atoms with E-state index >= 15 is 0 Å². The number of rotatable bonds is 0. The first-order valence-corrected chi connectivity index (χ1v) is 3.48. The average molecular weight is 147 g/mol. The first-order valence-electron chi connectivity index (χ1n) is 3.48. The lowest BCUT2D eigenvalue weighted by molar-refractivity contribution is 0.640. The fourth-order valence-corrected chi connectivity index (χ4v) is 1.26. The molecule has 0 atom stereocenters. The molecule has 2 rings (SSSR count). The molecule has 0 saturated carbocycles. The Kier molecular flexibility index (Phi) is 1.25. The molecule has 1 nitrogen and oxygen atoms in total. The van der Waals surface area contributed by atoms with Gasteiger partial charge >= 0.3 is 0 Å². The maximum absolute atomic E-state index is 13.0. The molecule has 0 aliphatic carbocycles. The molecule has 3 heteroatoms. The molecule has 0 amide bonds. The highest BCUT2D eigenvalue weighted by Gasteiger charge is 2.00. The van der Waals surface area contributed by atoms with Gasteiger partial charge in [-0.2, -0.15) is 0 Å². The molecule has 1 aromatic carbocycles. The van der Waals surface area contributed by atoms with Crippen molar-refractivity contribution in [1.29, 1.82) is 0 Å². The Morgan fingerprint density at radius 2 is 2.09 bits per heavy atom. The molecular formula is C8H7BFN. The Balaban J connectivity index is 2.94. The first kappa shape index (κ1) is 6.46. The third kappa shape index (κ3) is 0.844. The molecule has 0 spiro atoms. The number of fused-ring (bicyclic) bond motifs is 1. The van der Waals surface area contributed by atoms with E-state index in [0.717, 1.165) is 5.52 Å². The Bertz CT molecular complexity index is 394. The lowest BCUT2D eigenvalue weighted by Crippen LogP contribution is -1.87. The molecule has 1 aromatic heterocycles. The number of hydrogen-bond donors (Lipinski definition) is 0. The lowest BCUT2D eigenvalue weighted by Gasteiger charge is -1.94. The second-order valence-electron chi connectivity index (χ2n) is 2.60. The predicted molar refractivity (Wildman–Crippen MR) is 45.8 cm³/mol. The van der Waals surface area contributed by atoms with E-state index in [1.54, 1.807) is 12.1 Å². The molecule has 2 aromatic rings. The summed E-state index contributed by atoms with van der Waals surface area (Å²) < 4.78 is 14.9. The van der Waals surface area contributed by atoms with Gasteiger partial charge in [0.2, 0.25) is 7.98 Å². The van der Waals surface area contributed by atoms with Gasteiger partial charge in [0, 0.05) is 10.9 Å². The van der Waals surface area contributed by atoms with E-state index in [2.05, 4.69) is 0 Å². The van der Waals surface area contributed by atoms with Crippen LogP contribution in [-0.2, 0) is 0 Å². The van der Waals surface area contributed by atoms with Crippen molar-refractivity contribution < 1.29 is 4.39 Å². The van der Waals surface area contributed by atoms with Crippen LogP contribution in [0, 0.1) is 5.82 Å². The quantitative estimate of drug-likeness (QED) is 0.493. The van der Waals surface area contributed by atoms with E-state index < -0.39 is 0 Å². The van der Waals surface area contributed by atoms with Crippen molar-refractivity contribution in [2.75, 3.05) is 0 Å². The molecule has 0 aliphatic rings. The van der Waals surface area contributed by atoms with Crippen LogP contribution >= 0.6 is 0 Å². The SMILES string of the molecule is Bn1ccc2c(F)cccc21. The Labute approximate surface area is 64.9 Å². The van der Waals surface area contributed by atoms with Crippen LogP contribution in [0.5, 0.6) is 0 Å². The van der Waals surface area contributed by atoms with Crippen LogP contribution < -0.4 is 0 Å². The first-order chi connectivity index (χ1) is 5.29. The van der Waals surface area contributed by atoms with Gasteiger partial charge in [-0.15, -0.1) is 0 Å². The molecule has 0 unspecified atom stereocenters. The summed E-state index contributed by atoms with van der Waals surface area (Å²) in [6, 6.07) is 6.88. The smallest absolute Gasteiger partial charge is 0.223 e. The summed E-state index contributed by atoms with van der Waals surface area (Å²) in [5, 5.41) is 0.690. The fraction of sp³-hybridized carbons (Fsp3) is 0. The summed E-state index contributed by atoms with van der Waals surface area (Å²) in [5.41, 5.74) is 0.935. The summed E-state index contributed by atoms with van der Waals surface area (Å²) >= 11 is 0. The van der Waals surface area contributed by atoms with Gasteiger partial charge in [0.15, 0.2) is 0 Å². The van der Waals surface area contributed by atoms with E-state index in [9.17, 15) is 4.39 Å². The van der Waals surface area contributed by atoms with Gasteiger partial charge in [-0.1, -0.05) is 6.07 Å². The fourth-order valence-electron chi connectivity index (χ4n) is 1.26. The van der Waals surface area contributed by atoms with E-state index in [4.69, 9.17) is 0 Å². The van der Waals surface area contributed by atoms with E-state index in [0.29, 0.717) is 5.39 Å². The van der Waals surface area contributed by atoms with Crippen LogP contribution in [-0.4, -0.2) is 12.5 Å². The monoisotopic (exact) mass is 147 g/mol. The van der Waals surface area contributed by atoms with Gasteiger partial charge in [0.05, 0.1) is 0 Å². The van der Waals surface area contributed by atoms with Crippen LogP contribution in [0.4, 0.5) is 4.39 Å². The summed E-state index contributed by atoms with van der Waals surface area (Å²) in [6.07, 6.45) is 1.85. The number of nitrogens with zero attached hydrogens (tertiary/aromatic N) is 1. The average Bonchev–Trinajstić information content (AvgIpc) is 2.35. The molecule has 0 fully saturated rings. The van der Waals surface area contributed by atoms with Crippen LogP contribution in [0.3, 0.4) is 0 Å². The molecule has 0 radical (unpaired) electrons. The highest BCUT2D eigenvalue weighted by atomic mass is 19.1. The molecule has 11 heavy (non-hydrogen) atoms. The van der Waals surface area contributed by atoms with Gasteiger partial charge < -0.3 is 4.48 Å². The van der Waals surface area contributed by atoms with E-state index in [1.807, 2.05) is 24.7 Å². The van der Waals surface area contributed by atoms with Gasteiger partial charge in [-0.25, -0.2) is 4.39 Å². The summed E-state index contributed by atoms with van der Waals surface area (Å²) in [5.74, 6) is -0.150. The van der Waals surface area contributed by atoms with Gasteiger partial charge in [-0.3, -0.25) is 0 Å². The summed E-state index contributed by atoms with van der Waals surface area (Å²) in [7, 11) is 1.90. The third-order valence-corrected chi connectivity index (χ3v) is 1.87. The number of hydrogen-bond acceptors (Lipinski definition) is 0. The van der Waals surface area contributed by atoms with Crippen molar-refractivity contribution in [2.45, 2.75) is 0 Å². The zero-order valence-electron chi connectivity index (χ0n) is 6.21. The van der Waals surface area contributed by atoms with Crippen molar-refractivity contribution in [3.05, 3.63) is 36.3 Å². The standard InChI is InChI=1S/C8H7BFN/c9-11-5-4-6-7(10)2-1-3-8(6)11/h1-5H,9H2. The normalized spacial score (nSPS) is 10.6. The van der Waals surface area contributed by atoms with Crippen molar-refractivity contribution >= 4 is 18.9 Å².